The lowest BCUT2D eigenvalue weighted by atomic mass is 10.1. The third-order valence-corrected chi connectivity index (χ3v) is 5.36. The van der Waals surface area contributed by atoms with Gasteiger partial charge in [0.1, 0.15) is 5.75 Å². The molecule has 0 spiro atoms. The van der Waals surface area contributed by atoms with Crippen molar-refractivity contribution in [3.8, 4) is 5.75 Å². The van der Waals surface area contributed by atoms with Crippen molar-refractivity contribution in [1.29, 1.82) is 0 Å². The van der Waals surface area contributed by atoms with Crippen LogP contribution in [-0.2, 0) is 12.5 Å². The molecule has 0 aliphatic heterocycles. The number of rotatable bonds is 10. The second kappa shape index (κ2) is 10.3. The fourth-order valence-electron chi connectivity index (χ4n) is 2.70. The molecule has 0 aliphatic rings. The number of aryl methyl sites for hydroxylation is 1. The first-order valence-corrected chi connectivity index (χ1v) is 10.1. The third-order valence-electron chi connectivity index (χ3n) is 4.06. The van der Waals surface area contributed by atoms with Gasteiger partial charge in [0, 0.05) is 0 Å². The predicted molar refractivity (Wildman–Crippen MR) is 101 cm³/mol. The Morgan fingerprint density at radius 3 is 2.35 bits per heavy atom. The average Bonchev–Trinajstić information content (AvgIpc) is 2.61. The number of hydrogen-bond acceptors (Lipinski definition) is 1. The highest BCUT2D eigenvalue weighted by Crippen LogP contribution is 2.25. The van der Waals surface area contributed by atoms with Crippen LogP contribution in [0.15, 0.2) is 48.5 Å². The van der Waals surface area contributed by atoms with Crippen molar-refractivity contribution < 1.29 is 4.74 Å². The summed E-state index contributed by atoms with van der Waals surface area (Å²) in [4.78, 5) is 0. The van der Waals surface area contributed by atoms with Crippen molar-refractivity contribution in [3.63, 3.8) is 0 Å². The molecule has 0 atom stereocenters. The number of benzene rings is 2. The maximum Gasteiger partial charge on any atom is 0.125 e. The fraction of sp³-hybridized carbons (Fsp3) is 0.429. The zero-order valence-electron chi connectivity index (χ0n) is 14.5. The van der Waals surface area contributed by atoms with Gasteiger partial charge in [0.2, 0.25) is 0 Å². The van der Waals surface area contributed by atoms with Crippen molar-refractivity contribution in [2.45, 2.75) is 52.0 Å². The minimum atomic E-state index is 0.801. The molecule has 2 aromatic rings. The smallest absolute Gasteiger partial charge is 0.125 e. The van der Waals surface area contributed by atoms with E-state index in [0.29, 0.717) is 0 Å². The molecule has 0 N–H and O–H groups in total. The van der Waals surface area contributed by atoms with E-state index in [1.807, 2.05) is 0 Å². The molecule has 1 nitrogen and oxygen atoms in total. The molecule has 0 unspecified atom stereocenters. The van der Waals surface area contributed by atoms with Gasteiger partial charge in [-0.05, 0) is 30.0 Å². The molecule has 0 fully saturated rings. The van der Waals surface area contributed by atoms with E-state index in [1.165, 1.54) is 35.6 Å². The number of para-hydroxylation sites is 1. The topological polar surface area (TPSA) is 9.23 Å². The van der Waals surface area contributed by atoms with Crippen LogP contribution in [0.5, 0.6) is 5.75 Å². The summed E-state index contributed by atoms with van der Waals surface area (Å²) in [6, 6.07) is 18.4. The van der Waals surface area contributed by atoms with E-state index >= 15 is 0 Å². The van der Waals surface area contributed by atoms with E-state index in [-0.39, 0.29) is 0 Å². The van der Waals surface area contributed by atoms with Crippen LogP contribution < -0.4 is 9.92 Å². The van der Waals surface area contributed by atoms with E-state index in [1.54, 1.807) is 0 Å². The largest absolute Gasteiger partial charge is 0.493 e. The summed E-state index contributed by atoms with van der Waals surface area (Å²) in [5, 5.41) is 1.42. The first-order valence-electron chi connectivity index (χ1n) is 8.87. The Bertz CT molecular complexity index is 565. The van der Waals surface area contributed by atoms with Crippen LogP contribution in [0.4, 0.5) is 0 Å². The minimum Gasteiger partial charge on any atom is -0.493 e. The van der Waals surface area contributed by atoms with Crippen LogP contribution in [0.1, 0.15) is 50.7 Å². The Morgan fingerprint density at radius 2 is 1.61 bits per heavy atom. The van der Waals surface area contributed by atoms with Gasteiger partial charge >= 0.3 is 0 Å². The molecular formula is C21H28OSi. The van der Waals surface area contributed by atoms with Gasteiger partial charge in [-0.3, -0.25) is 0 Å². The number of ether oxygens (including phenoxy) is 1. The molecule has 0 aromatic heterocycles. The van der Waals surface area contributed by atoms with E-state index in [4.69, 9.17) is 4.74 Å². The third kappa shape index (κ3) is 5.87. The first kappa shape index (κ1) is 17.8. The summed E-state index contributed by atoms with van der Waals surface area (Å²) in [6.07, 6.45) is 6.04. The Balaban J connectivity index is 1.99. The lowest BCUT2D eigenvalue weighted by molar-refractivity contribution is 0.300. The molecule has 2 radical (unpaired) electrons. The highest BCUT2D eigenvalue weighted by atomic mass is 28.2. The Labute approximate surface area is 143 Å². The van der Waals surface area contributed by atoms with Crippen LogP contribution in [0.3, 0.4) is 0 Å². The van der Waals surface area contributed by atoms with Gasteiger partial charge in [0.15, 0.2) is 0 Å². The molecule has 0 saturated carbocycles. The van der Waals surface area contributed by atoms with Gasteiger partial charge in [-0.2, -0.15) is 0 Å². The van der Waals surface area contributed by atoms with Gasteiger partial charge in [-0.1, -0.05) is 86.8 Å². The second-order valence-corrected chi connectivity index (χ2v) is 7.17. The van der Waals surface area contributed by atoms with Crippen molar-refractivity contribution >= 4 is 14.7 Å². The first-order chi connectivity index (χ1) is 11.3. The normalized spacial score (nSPS) is 10.7. The van der Waals surface area contributed by atoms with Crippen LogP contribution in [-0.4, -0.2) is 16.1 Å². The molecule has 2 rings (SSSR count). The number of unbranched alkanes of at least 4 members (excludes halogenated alkanes) is 3. The maximum atomic E-state index is 6.20. The van der Waals surface area contributed by atoms with Gasteiger partial charge in [0.25, 0.3) is 0 Å². The lowest BCUT2D eigenvalue weighted by Crippen LogP contribution is -2.16. The molecule has 0 bridgehead atoms. The molecular weight excluding hydrogens is 296 g/mol. The van der Waals surface area contributed by atoms with Crippen LogP contribution in [0.25, 0.3) is 0 Å². The van der Waals surface area contributed by atoms with E-state index in [0.717, 1.165) is 40.8 Å². The van der Waals surface area contributed by atoms with E-state index in [2.05, 4.69) is 62.4 Å². The van der Waals surface area contributed by atoms with E-state index in [9.17, 15) is 0 Å². The summed E-state index contributed by atoms with van der Waals surface area (Å²) in [5.41, 5.74) is 2.71. The molecule has 122 valence electrons. The summed E-state index contributed by atoms with van der Waals surface area (Å²) in [6.45, 7) is 5.30. The lowest BCUT2D eigenvalue weighted by Gasteiger charge is -2.15. The zero-order chi connectivity index (χ0) is 16.3. The molecule has 0 heterocycles. The molecule has 2 heteroatoms. The Morgan fingerprint density at radius 1 is 0.826 bits per heavy atom. The fourth-order valence-corrected chi connectivity index (χ4v) is 3.80. The summed E-state index contributed by atoms with van der Waals surface area (Å²) in [7, 11) is 0.801. The highest BCUT2D eigenvalue weighted by molar-refractivity contribution is 6.52. The van der Waals surface area contributed by atoms with Crippen molar-refractivity contribution in [2.24, 2.45) is 0 Å². The second-order valence-electron chi connectivity index (χ2n) is 5.89. The standard InChI is InChI=1S/C21H28OSi/c1-3-5-6-10-16-22-21-18(4-2)12-11-13-19(21)17-23-20-14-8-7-9-15-20/h7-9,11-15H,3-6,10,16-17H2,1-2H3. The summed E-state index contributed by atoms with van der Waals surface area (Å²) in [5.74, 6) is 1.15. The Kier molecular flexibility index (Phi) is 7.95. The highest BCUT2D eigenvalue weighted by Gasteiger charge is 2.09. The van der Waals surface area contributed by atoms with Crippen molar-refractivity contribution in [3.05, 3.63) is 59.7 Å². The summed E-state index contributed by atoms with van der Waals surface area (Å²) >= 11 is 0. The summed E-state index contributed by atoms with van der Waals surface area (Å²) < 4.78 is 6.20. The predicted octanol–water partition coefficient (Wildman–Crippen LogP) is 4.74. The molecule has 0 aliphatic carbocycles. The van der Waals surface area contributed by atoms with Gasteiger partial charge in [-0.15, -0.1) is 0 Å². The molecule has 0 saturated heterocycles. The quantitative estimate of drug-likeness (QED) is 0.453. The SMILES string of the molecule is CCCCCCOc1c(CC)cccc1C[Si]c1ccccc1. The zero-order valence-corrected chi connectivity index (χ0v) is 15.5. The molecule has 23 heavy (non-hydrogen) atoms. The van der Waals surface area contributed by atoms with Gasteiger partial charge < -0.3 is 4.74 Å². The van der Waals surface area contributed by atoms with Crippen LogP contribution >= 0.6 is 0 Å². The maximum absolute atomic E-state index is 6.20. The average molecular weight is 325 g/mol. The Hall–Kier alpha value is -1.54. The number of hydrogen-bond donors (Lipinski definition) is 0. The van der Waals surface area contributed by atoms with E-state index < -0.39 is 0 Å². The van der Waals surface area contributed by atoms with Crippen molar-refractivity contribution in [2.75, 3.05) is 6.61 Å². The minimum absolute atomic E-state index is 0.801. The van der Waals surface area contributed by atoms with Gasteiger partial charge in [-0.25, -0.2) is 0 Å². The molecule has 0 amide bonds. The van der Waals surface area contributed by atoms with Crippen molar-refractivity contribution in [1.82, 2.24) is 0 Å². The van der Waals surface area contributed by atoms with Crippen LogP contribution in [0.2, 0.25) is 0 Å². The van der Waals surface area contributed by atoms with Gasteiger partial charge in [0.05, 0.1) is 16.1 Å². The monoisotopic (exact) mass is 324 g/mol. The van der Waals surface area contributed by atoms with Crippen LogP contribution in [0, 0.1) is 0 Å². The molecule has 2 aromatic carbocycles.